The van der Waals surface area contributed by atoms with Gasteiger partial charge in [-0.1, -0.05) is 12.1 Å². The number of rotatable bonds is 3. The van der Waals surface area contributed by atoms with E-state index in [1.807, 2.05) is 0 Å². The smallest absolute Gasteiger partial charge is 0.307 e. The summed E-state index contributed by atoms with van der Waals surface area (Å²) in [7, 11) is 0. The molecular formula is C13H11FN2O2. The second-order valence-electron chi connectivity index (χ2n) is 3.85. The molecule has 4 nitrogen and oxygen atoms in total. The van der Waals surface area contributed by atoms with Crippen molar-refractivity contribution in [2.24, 2.45) is 0 Å². The SMILES string of the molecule is Nc1ncc(CC(=O)O)cc1-c1ccc(F)cc1. The van der Waals surface area contributed by atoms with Crippen LogP contribution in [0.15, 0.2) is 36.5 Å². The van der Waals surface area contributed by atoms with E-state index in [4.69, 9.17) is 10.8 Å². The Kier molecular flexibility index (Phi) is 3.23. The van der Waals surface area contributed by atoms with Crippen LogP contribution >= 0.6 is 0 Å². The minimum atomic E-state index is -0.938. The first-order valence-corrected chi connectivity index (χ1v) is 5.28. The van der Waals surface area contributed by atoms with Crippen molar-refractivity contribution in [2.75, 3.05) is 5.73 Å². The van der Waals surface area contributed by atoms with Crippen molar-refractivity contribution >= 4 is 11.8 Å². The average molecular weight is 246 g/mol. The fraction of sp³-hybridized carbons (Fsp3) is 0.0769. The molecule has 5 heteroatoms. The normalized spacial score (nSPS) is 10.3. The molecule has 0 bridgehead atoms. The molecule has 3 N–H and O–H groups in total. The van der Waals surface area contributed by atoms with Crippen molar-refractivity contribution in [1.82, 2.24) is 4.98 Å². The third kappa shape index (κ3) is 2.63. The number of nitrogen functional groups attached to an aromatic ring is 1. The number of carboxylic acids is 1. The standard InChI is InChI=1S/C13H11FN2O2/c14-10-3-1-9(2-4-10)11-5-8(6-12(17)18)7-16-13(11)15/h1-5,7H,6H2,(H2,15,16)(H,17,18). The van der Waals surface area contributed by atoms with Crippen LogP contribution in [0.2, 0.25) is 0 Å². The molecule has 0 spiro atoms. The van der Waals surface area contributed by atoms with Crippen LogP contribution < -0.4 is 5.73 Å². The number of aromatic nitrogens is 1. The molecule has 0 saturated heterocycles. The molecule has 2 aromatic rings. The Hall–Kier alpha value is -2.43. The quantitative estimate of drug-likeness (QED) is 0.869. The van der Waals surface area contributed by atoms with Gasteiger partial charge in [0.05, 0.1) is 6.42 Å². The summed E-state index contributed by atoms with van der Waals surface area (Å²) in [5, 5.41) is 8.73. The zero-order chi connectivity index (χ0) is 13.1. The molecule has 92 valence electrons. The van der Waals surface area contributed by atoms with E-state index in [1.54, 1.807) is 18.2 Å². The van der Waals surface area contributed by atoms with Crippen LogP contribution in [0.4, 0.5) is 10.2 Å². The van der Waals surface area contributed by atoms with E-state index in [0.29, 0.717) is 16.7 Å². The molecule has 0 aliphatic heterocycles. The highest BCUT2D eigenvalue weighted by Gasteiger charge is 2.08. The van der Waals surface area contributed by atoms with E-state index < -0.39 is 5.97 Å². The van der Waals surface area contributed by atoms with Crippen molar-refractivity contribution in [3.63, 3.8) is 0 Å². The van der Waals surface area contributed by atoms with Crippen molar-refractivity contribution in [2.45, 2.75) is 6.42 Å². The molecule has 0 aliphatic rings. The third-order valence-corrected chi connectivity index (χ3v) is 2.49. The van der Waals surface area contributed by atoms with Crippen LogP contribution in [0.5, 0.6) is 0 Å². The topological polar surface area (TPSA) is 76.2 Å². The van der Waals surface area contributed by atoms with Gasteiger partial charge >= 0.3 is 5.97 Å². The van der Waals surface area contributed by atoms with Gasteiger partial charge in [0.2, 0.25) is 0 Å². The summed E-state index contributed by atoms with van der Waals surface area (Å²) in [6, 6.07) is 7.45. The molecule has 0 saturated carbocycles. The average Bonchev–Trinajstić information content (AvgIpc) is 2.32. The second kappa shape index (κ2) is 4.83. The summed E-state index contributed by atoms with van der Waals surface area (Å²) in [5.41, 5.74) is 7.60. The lowest BCUT2D eigenvalue weighted by Crippen LogP contribution is -2.02. The second-order valence-corrected chi connectivity index (χ2v) is 3.85. The van der Waals surface area contributed by atoms with Crippen molar-refractivity contribution < 1.29 is 14.3 Å². The predicted molar refractivity (Wildman–Crippen MR) is 65.4 cm³/mol. The van der Waals surface area contributed by atoms with Crippen LogP contribution in [0.25, 0.3) is 11.1 Å². The van der Waals surface area contributed by atoms with Gasteiger partial charge in [0.25, 0.3) is 0 Å². The first-order chi connectivity index (χ1) is 8.56. The van der Waals surface area contributed by atoms with Crippen LogP contribution in [-0.4, -0.2) is 16.1 Å². The lowest BCUT2D eigenvalue weighted by Gasteiger charge is -2.07. The molecule has 0 aliphatic carbocycles. The fourth-order valence-electron chi connectivity index (χ4n) is 1.65. The first kappa shape index (κ1) is 12.0. The summed E-state index contributed by atoms with van der Waals surface area (Å²) in [6.07, 6.45) is 1.30. The molecule has 18 heavy (non-hydrogen) atoms. The Morgan fingerprint density at radius 2 is 2.00 bits per heavy atom. The van der Waals surface area contributed by atoms with Crippen LogP contribution in [0, 0.1) is 5.82 Å². The number of aliphatic carboxylic acids is 1. The molecule has 0 fully saturated rings. The molecule has 0 radical (unpaired) electrons. The summed E-state index contributed by atoms with van der Waals surface area (Å²) < 4.78 is 12.8. The zero-order valence-corrected chi connectivity index (χ0v) is 9.43. The monoisotopic (exact) mass is 246 g/mol. The van der Waals surface area contributed by atoms with E-state index in [-0.39, 0.29) is 18.1 Å². The lowest BCUT2D eigenvalue weighted by molar-refractivity contribution is -0.136. The Bertz CT molecular complexity index is 582. The molecule has 0 atom stereocenters. The third-order valence-electron chi connectivity index (χ3n) is 2.49. The molecule has 1 aromatic heterocycles. The number of hydrogen-bond acceptors (Lipinski definition) is 3. The number of nitrogens with zero attached hydrogens (tertiary/aromatic N) is 1. The number of hydrogen-bond donors (Lipinski definition) is 2. The predicted octanol–water partition coefficient (Wildman–Crippen LogP) is 2.10. The molecular weight excluding hydrogens is 235 g/mol. The number of carboxylic acid groups (broad SMARTS) is 1. The van der Waals surface area contributed by atoms with Gasteiger partial charge < -0.3 is 10.8 Å². The van der Waals surface area contributed by atoms with E-state index in [9.17, 15) is 9.18 Å². The highest BCUT2D eigenvalue weighted by atomic mass is 19.1. The molecule has 0 unspecified atom stereocenters. The number of anilines is 1. The van der Waals surface area contributed by atoms with Gasteiger partial charge in [-0.3, -0.25) is 4.79 Å². The summed E-state index contributed by atoms with van der Waals surface area (Å²) in [6.45, 7) is 0. The number of nitrogens with two attached hydrogens (primary N) is 1. The molecule has 0 amide bonds. The number of halogens is 1. The summed E-state index contributed by atoms with van der Waals surface area (Å²) in [4.78, 5) is 14.6. The van der Waals surface area contributed by atoms with Gasteiger partial charge in [-0.25, -0.2) is 9.37 Å². The highest BCUT2D eigenvalue weighted by Crippen LogP contribution is 2.25. The van der Waals surface area contributed by atoms with Gasteiger partial charge in [0.15, 0.2) is 0 Å². The lowest BCUT2D eigenvalue weighted by atomic mass is 10.0. The van der Waals surface area contributed by atoms with Crippen molar-refractivity contribution in [3.05, 3.63) is 47.9 Å². The molecule has 1 aromatic carbocycles. The maximum atomic E-state index is 12.8. The fourth-order valence-corrected chi connectivity index (χ4v) is 1.65. The molecule has 1 heterocycles. The van der Waals surface area contributed by atoms with Crippen LogP contribution in [-0.2, 0) is 11.2 Å². The maximum absolute atomic E-state index is 12.8. The number of benzene rings is 1. The first-order valence-electron chi connectivity index (χ1n) is 5.28. The van der Waals surface area contributed by atoms with Gasteiger partial charge in [-0.2, -0.15) is 0 Å². The minimum absolute atomic E-state index is 0.124. The summed E-state index contributed by atoms with van der Waals surface area (Å²) in [5.74, 6) is -0.991. The Morgan fingerprint density at radius 3 is 2.61 bits per heavy atom. The summed E-state index contributed by atoms with van der Waals surface area (Å²) >= 11 is 0. The van der Waals surface area contributed by atoms with Gasteiger partial charge in [0, 0.05) is 11.8 Å². The van der Waals surface area contributed by atoms with E-state index in [2.05, 4.69) is 4.98 Å². The van der Waals surface area contributed by atoms with Gasteiger partial charge in [0.1, 0.15) is 11.6 Å². The van der Waals surface area contributed by atoms with E-state index in [0.717, 1.165) is 0 Å². The Balaban J connectivity index is 2.42. The molecule has 2 rings (SSSR count). The van der Waals surface area contributed by atoms with Crippen molar-refractivity contribution in [1.29, 1.82) is 0 Å². The van der Waals surface area contributed by atoms with Crippen LogP contribution in [0.3, 0.4) is 0 Å². The Morgan fingerprint density at radius 1 is 1.33 bits per heavy atom. The maximum Gasteiger partial charge on any atom is 0.307 e. The van der Waals surface area contributed by atoms with Crippen LogP contribution in [0.1, 0.15) is 5.56 Å². The van der Waals surface area contributed by atoms with Crippen molar-refractivity contribution in [3.8, 4) is 11.1 Å². The van der Waals surface area contributed by atoms with E-state index in [1.165, 1.54) is 18.3 Å². The zero-order valence-electron chi connectivity index (χ0n) is 9.43. The number of carbonyl (C=O) groups is 1. The van der Waals surface area contributed by atoms with Gasteiger partial charge in [-0.15, -0.1) is 0 Å². The van der Waals surface area contributed by atoms with E-state index >= 15 is 0 Å². The highest BCUT2D eigenvalue weighted by molar-refractivity contribution is 5.76. The minimum Gasteiger partial charge on any atom is -0.481 e. The number of pyridine rings is 1. The Labute approximate surface area is 103 Å². The van der Waals surface area contributed by atoms with Gasteiger partial charge in [-0.05, 0) is 29.3 Å². The largest absolute Gasteiger partial charge is 0.481 e.